The van der Waals surface area contributed by atoms with Gasteiger partial charge in [-0.2, -0.15) is 0 Å². The summed E-state index contributed by atoms with van der Waals surface area (Å²) in [4.78, 5) is 32.4. The van der Waals surface area contributed by atoms with Crippen molar-refractivity contribution in [2.75, 3.05) is 32.8 Å². The largest absolute Gasteiger partial charge is 0.445 e. The van der Waals surface area contributed by atoms with Gasteiger partial charge in [0.15, 0.2) is 5.89 Å². The molecule has 3 amide bonds. The van der Waals surface area contributed by atoms with Crippen molar-refractivity contribution in [1.29, 1.82) is 0 Å². The van der Waals surface area contributed by atoms with Crippen molar-refractivity contribution in [1.82, 2.24) is 14.8 Å². The first kappa shape index (κ1) is 17.3. The Hall–Kier alpha value is -2.09. The Kier molecular flexibility index (Phi) is 4.84. The fourth-order valence-electron chi connectivity index (χ4n) is 4.16. The van der Waals surface area contributed by atoms with Crippen LogP contribution in [0.4, 0.5) is 4.79 Å². The highest BCUT2D eigenvalue weighted by molar-refractivity contribution is 5.80. The Morgan fingerprint density at radius 1 is 1.12 bits per heavy atom. The van der Waals surface area contributed by atoms with Crippen LogP contribution in [-0.4, -0.2) is 59.6 Å². The number of nitrogens with two attached hydrogens (primary N) is 1. The molecule has 3 aliphatic rings. The van der Waals surface area contributed by atoms with Crippen molar-refractivity contribution >= 4 is 11.9 Å². The second kappa shape index (κ2) is 7.26. The number of carbonyl (C=O) groups is 2. The van der Waals surface area contributed by atoms with Crippen LogP contribution in [0.5, 0.6) is 0 Å². The fourth-order valence-corrected chi connectivity index (χ4v) is 4.16. The summed E-state index contributed by atoms with van der Waals surface area (Å²) in [5.74, 6) is 1.96. The first-order valence-electron chi connectivity index (χ1n) is 9.51. The number of hydrogen-bond acceptors (Lipinski definition) is 5. The van der Waals surface area contributed by atoms with Crippen LogP contribution in [0.15, 0.2) is 4.42 Å². The zero-order valence-corrected chi connectivity index (χ0v) is 15.0. The molecular formula is C18H26N4O4. The monoisotopic (exact) mass is 362 g/mol. The fraction of sp³-hybridized carbons (Fsp3) is 0.722. The Balaban J connectivity index is 1.42. The number of amides is 3. The van der Waals surface area contributed by atoms with E-state index in [0.29, 0.717) is 38.5 Å². The lowest BCUT2D eigenvalue weighted by Crippen LogP contribution is -2.49. The lowest BCUT2D eigenvalue weighted by molar-refractivity contribution is -0.138. The maximum Gasteiger partial charge on any atom is 0.314 e. The summed E-state index contributed by atoms with van der Waals surface area (Å²) in [5, 5.41) is 0. The average Bonchev–Trinajstić information content (AvgIpc) is 3.11. The minimum atomic E-state index is -0.443. The second-order valence-electron chi connectivity index (χ2n) is 7.44. The molecule has 8 nitrogen and oxygen atoms in total. The zero-order valence-electron chi connectivity index (χ0n) is 15.0. The molecule has 4 rings (SSSR count). The van der Waals surface area contributed by atoms with E-state index in [0.717, 1.165) is 56.2 Å². The molecule has 2 N–H and O–H groups in total. The second-order valence-corrected chi connectivity index (χ2v) is 7.44. The number of aromatic nitrogens is 1. The highest BCUT2D eigenvalue weighted by Crippen LogP contribution is 2.30. The SMILES string of the molecule is NC(=O)N1CCCC(C(=O)N2CCc3oc(C4CCOCC4)nc3C2)C1. The number of nitrogens with zero attached hydrogens (tertiary/aromatic N) is 3. The smallest absolute Gasteiger partial charge is 0.314 e. The molecule has 4 heterocycles. The number of piperidine rings is 1. The van der Waals surface area contributed by atoms with Crippen molar-refractivity contribution in [2.45, 2.75) is 44.6 Å². The van der Waals surface area contributed by atoms with Crippen LogP contribution < -0.4 is 5.73 Å². The van der Waals surface area contributed by atoms with Crippen LogP contribution in [0.3, 0.4) is 0 Å². The Labute approximate surface area is 152 Å². The van der Waals surface area contributed by atoms with Gasteiger partial charge in [0.1, 0.15) is 11.5 Å². The minimum absolute atomic E-state index is 0.0946. The highest BCUT2D eigenvalue weighted by atomic mass is 16.5. The maximum atomic E-state index is 12.9. The first-order chi connectivity index (χ1) is 12.6. The third-order valence-electron chi connectivity index (χ3n) is 5.71. The van der Waals surface area contributed by atoms with Gasteiger partial charge in [0.25, 0.3) is 0 Å². The van der Waals surface area contributed by atoms with E-state index in [4.69, 9.17) is 19.9 Å². The van der Waals surface area contributed by atoms with Crippen LogP contribution in [0.1, 0.15) is 48.9 Å². The van der Waals surface area contributed by atoms with E-state index in [9.17, 15) is 9.59 Å². The number of likely N-dealkylation sites (tertiary alicyclic amines) is 1. The van der Waals surface area contributed by atoms with Crippen molar-refractivity contribution in [2.24, 2.45) is 11.7 Å². The average molecular weight is 362 g/mol. The normalized spacial score (nSPS) is 24.4. The van der Waals surface area contributed by atoms with Crippen molar-refractivity contribution < 1.29 is 18.7 Å². The molecule has 2 saturated heterocycles. The van der Waals surface area contributed by atoms with Gasteiger partial charge < -0.3 is 24.7 Å². The van der Waals surface area contributed by atoms with E-state index >= 15 is 0 Å². The Bertz CT molecular complexity index is 683. The van der Waals surface area contributed by atoms with Gasteiger partial charge in [0.05, 0.1) is 12.5 Å². The van der Waals surface area contributed by atoms with Gasteiger partial charge in [0.2, 0.25) is 5.91 Å². The summed E-state index contributed by atoms with van der Waals surface area (Å²) < 4.78 is 11.4. The van der Waals surface area contributed by atoms with Crippen LogP contribution in [0, 0.1) is 5.92 Å². The lowest BCUT2D eigenvalue weighted by Gasteiger charge is -2.35. The van der Waals surface area contributed by atoms with Gasteiger partial charge >= 0.3 is 6.03 Å². The predicted molar refractivity (Wildman–Crippen MR) is 92.3 cm³/mol. The molecule has 1 aromatic rings. The van der Waals surface area contributed by atoms with Crippen LogP contribution in [0.2, 0.25) is 0 Å². The molecule has 0 saturated carbocycles. The molecular weight excluding hydrogens is 336 g/mol. The number of primary amides is 1. The number of rotatable bonds is 2. The van der Waals surface area contributed by atoms with Gasteiger partial charge in [-0.3, -0.25) is 4.79 Å². The molecule has 0 radical (unpaired) electrons. The number of fused-ring (bicyclic) bond motifs is 1. The molecule has 0 aromatic carbocycles. The van der Waals surface area contributed by atoms with E-state index in [1.54, 1.807) is 4.90 Å². The summed E-state index contributed by atoms with van der Waals surface area (Å²) in [6.45, 7) is 3.70. The molecule has 8 heteroatoms. The van der Waals surface area contributed by atoms with Gasteiger partial charge in [-0.1, -0.05) is 0 Å². The quantitative estimate of drug-likeness (QED) is 0.853. The van der Waals surface area contributed by atoms with Crippen molar-refractivity contribution in [3.63, 3.8) is 0 Å². The van der Waals surface area contributed by atoms with E-state index in [-0.39, 0.29) is 11.8 Å². The van der Waals surface area contributed by atoms with Gasteiger partial charge in [-0.05, 0) is 25.7 Å². The third-order valence-corrected chi connectivity index (χ3v) is 5.71. The molecule has 26 heavy (non-hydrogen) atoms. The summed E-state index contributed by atoms with van der Waals surface area (Å²) in [6, 6.07) is -0.443. The van der Waals surface area contributed by atoms with E-state index in [1.807, 2.05) is 4.90 Å². The number of ether oxygens (including phenoxy) is 1. The standard InChI is InChI=1S/C18H26N4O4/c19-18(24)22-6-1-2-13(10-22)17(23)21-7-3-15-14(11-21)20-16(26-15)12-4-8-25-9-5-12/h12-13H,1-11H2,(H2,19,24). The summed E-state index contributed by atoms with van der Waals surface area (Å²) >= 11 is 0. The molecule has 1 aromatic heterocycles. The van der Waals surface area contributed by atoms with Crippen molar-refractivity contribution in [3.8, 4) is 0 Å². The highest BCUT2D eigenvalue weighted by Gasteiger charge is 2.34. The summed E-state index contributed by atoms with van der Waals surface area (Å²) in [7, 11) is 0. The Morgan fingerprint density at radius 3 is 2.69 bits per heavy atom. The van der Waals surface area contributed by atoms with E-state index < -0.39 is 6.03 Å². The predicted octanol–water partition coefficient (Wildman–Crippen LogP) is 1.24. The molecule has 3 aliphatic heterocycles. The number of urea groups is 1. The van der Waals surface area contributed by atoms with Crippen LogP contribution in [0.25, 0.3) is 0 Å². The summed E-state index contributed by atoms with van der Waals surface area (Å²) in [5.41, 5.74) is 6.26. The Morgan fingerprint density at radius 2 is 1.92 bits per heavy atom. The molecule has 1 atom stereocenters. The van der Waals surface area contributed by atoms with Gasteiger partial charge in [-0.25, -0.2) is 9.78 Å². The number of carbonyl (C=O) groups excluding carboxylic acids is 2. The summed E-state index contributed by atoms with van der Waals surface area (Å²) in [6.07, 6.45) is 4.19. The lowest BCUT2D eigenvalue weighted by atomic mass is 9.96. The topological polar surface area (TPSA) is 102 Å². The molecule has 0 spiro atoms. The molecule has 142 valence electrons. The van der Waals surface area contributed by atoms with Crippen LogP contribution >= 0.6 is 0 Å². The van der Waals surface area contributed by atoms with E-state index in [1.165, 1.54) is 0 Å². The first-order valence-corrected chi connectivity index (χ1v) is 9.51. The number of hydrogen-bond donors (Lipinski definition) is 1. The molecule has 0 bridgehead atoms. The van der Waals surface area contributed by atoms with Gasteiger partial charge in [0, 0.05) is 45.2 Å². The number of oxazole rings is 1. The molecule has 0 aliphatic carbocycles. The molecule has 1 unspecified atom stereocenters. The van der Waals surface area contributed by atoms with E-state index in [2.05, 4.69) is 0 Å². The van der Waals surface area contributed by atoms with Crippen LogP contribution in [-0.2, 0) is 22.5 Å². The maximum absolute atomic E-state index is 12.9. The van der Waals surface area contributed by atoms with Gasteiger partial charge in [-0.15, -0.1) is 0 Å². The minimum Gasteiger partial charge on any atom is -0.445 e. The third kappa shape index (κ3) is 3.42. The zero-order chi connectivity index (χ0) is 18.1. The molecule has 2 fully saturated rings. The van der Waals surface area contributed by atoms with Crippen molar-refractivity contribution in [3.05, 3.63) is 17.3 Å².